The van der Waals surface area contributed by atoms with E-state index >= 15 is 0 Å². The van der Waals surface area contributed by atoms with Crippen LogP contribution in [0.25, 0.3) is 81.6 Å². The Morgan fingerprint density at radius 3 is 1.82 bits per heavy atom. The second-order valence-electron chi connectivity index (χ2n) is 11.0. The van der Waals surface area contributed by atoms with Crippen LogP contribution in [0.4, 0.5) is 0 Å². The number of hydrogen-bond acceptors (Lipinski definition) is 3. The van der Waals surface area contributed by atoms with Gasteiger partial charge in [-0.15, -0.1) is 11.3 Å². The summed E-state index contributed by atoms with van der Waals surface area (Å²) in [4.78, 5) is 10.4. The lowest BCUT2D eigenvalue weighted by Gasteiger charge is -2.11. The molecule has 0 atom stereocenters. The molecule has 9 aromatic rings. The van der Waals surface area contributed by atoms with Gasteiger partial charge in [-0.3, -0.25) is 0 Å². The van der Waals surface area contributed by atoms with Crippen molar-refractivity contribution in [3.8, 4) is 39.5 Å². The molecular weight excluding hydrogens is 555 g/mol. The van der Waals surface area contributed by atoms with Gasteiger partial charge in [0, 0.05) is 37.7 Å². The molecule has 0 spiro atoms. The van der Waals surface area contributed by atoms with Gasteiger partial charge in [0.25, 0.3) is 0 Å². The lowest BCUT2D eigenvalue weighted by molar-refractivity contribution is 1.17. The Balaban J connectivity index is 1.22. The van der Waals surface area contributed by atoms with Crippen LogP contribution in [0.15, 0.2) is 152 Å². The highest BCUT2D eigenvalue weighted by Gasteiger charge is 2.18. The third kappa shape index (κ3) is 3.96. The van der Waals surface area contributed by atoms with Gasteiger partial charge >= 0.3 is 0 Å². The number of aromatic nitrogens is 3. The van der Waals surface area contributed by atoms with E-state index in [4.69, 9.17) is 9.97 Å². The lowest BCUT2D eigenvalue weighted by Crippen LogP contribution is -1.96. The Kier molecular flexibility index (Phi) is 5.68. The molecule has 0 aliphatic carbocycles. The van der Waals surface area contributed by atoms with E-state index in [2.05, 4.69) is 156 Å². The van der Waals surface area contributed by atoms with Gasteiger partial charge in [0.2, 0.25) is 0 Å². The molecule has 0 bridgehead atoms. The fourth-order valence-corrected chi connectivity index (χ4v) is 7.51. The average Bonchev–Trinajstić information content (AvgIpc) is 3.64. The van der Waals surface area contributed by atoms with Crippen LogP contribution >= 0.6 is 11.3 Å². The maximum Gasteiger partial charge on any atom is 0.160 e. The zero-order chi connectivity index (χ0) is 29.0. The summed E-state index contributed by atoms with van der Waals surface area (Å²) < 4.78 is 4.67. The second kappa shape index (κ2) is 10.0. The Labute approximate surface area is 258 Å². The Morgan fingerprint density at radius 1 is 0.455 bits per heavy atom. The molecule has 3 heterocycles. The van der Waals surface area contributed by atoms with Gasteiger partial charge in [0.15, 0.2) is 5.82 Å². The van der Waals surface area contributed by atoms with Crippen LogP contribution in [0.3, 0.4) is 0 Å². The van der Waals surface area contributed by atoms with Crippen LogP contribution in [0.5, 0.6) is 0 Å². The number of benzene rings is 6. The average molecular weight is 580 g/mol. The van der Waals surface area contributed by atoms with E-state index in [9.17, 15) is 0 Å². The molecule has 0 fully saturated rings. The largest absolute Gasteiger partial charge is 0.309 e. The quantitative estimate of drug-likeness (QED) is 0.208. The molecule has 3 aromatic heterocycles. The Hall–Kier alpha value is -5.58. The van der Waals surface area contributed by atoms with Gasteiger partial charge in [-0.05, 0) is 59.7 Å². The van der Waals surface area contributed by atoms with Crippen molar-refractivity contribution >= 4 is 53.4 Å². The van der Waals surface area contributed by atoms with Gasteiger partial charge in [-0.2, -0.15) is 0 Å². The summed E-state index contributed by atoms with van der Waals surface area (Å²) in [5.74, 6) is 0.731. The van der Waals surface area contributed by atoms with Gasteiger partial charge in [0.1, 0.15) is 0 Å². The SMILES string of the molecule is c1ccc(-c2cccc(-c3nc(-c4ccc(-n5c6ccccc6c6ccccc65)cc4)nc4c3sc3ccccc34)c2)cc1. The first kappa shape index (κ1) is 25.0. The minimum atomic E-state index is 0.731. The van der Waals surface area contributed by atoms with E-state index in [0.29, 0.717) is 0 Å². The highest BCUT2D eigenvalue weighted by atomic mass is 32.1. The maximum atomic E-state index is 5.26. The highest BCUT2D eigenvalue weighted by molar-refractivity contribution is 7.26. The third-order valence-corrected chi connectivity index (χ3v) is 9.59. The van der Waals surface area contributed by atoms with Crippen LogP contribution in [0, 0.1) is 0 Å². The third-order valence-electron chi connectivity index (χ3n) is 8.43. The molecule has 206 valence electrons. The molecule has 0 amide bonds. The molecule has 44 heavy (non-hydrogen) atoms. The summed E-state index contributed by atoms with van der Waals surface area (Å²) in [6, 6.07) is 53.6. The molecule has 9 rings (SSSR count). The Morgan fingerprint density at radius 2 is 1.07 bits per heavy atom. The number of hydrogen-bond donors (Lipinski definition) is 0. The topological polar surface area (TPSA) is 30.7 Å². The lowest BCUT2D eigenvalue weighted by atomic mass is 10.0. The number of fused-ring (bicyclic) bond motifs is 6. The fraction of sp³-hybridized carbons (Fsp3) is 0. The molecular formula is C40H25N3S. The van der Waals surface area contributed by atoms with Crippen molar-refractivity contribution in [2.45, 2.75) is 0 Å². The summed E-state index contributed by atoms with van der Waals surface area (Å²) in [6.45, 7) is 0. The van der Waals surface area contributed by atoms with Crippen molar-refractivity contribution in [2.75, 3.05) is 0 Å². The van der Waals surface area contributed by atoms with Crippen molar-refractivity contribution in [3.63, 3.8) is 0 Å². The fourth-order valence-electron chi connectivity index (χ4n) is 6.35. The maximum absolute atomic E-state index is 5.26. The van der Waals surface area contributed by atoms with Crippen molar-refractivity contribution in [1.29, 1.82) is 0 Å². The van der Waals surface area contributed by atoms with Crippen molar-refractivity contribution in [1.82, 2.24) is 14.5 Å². The number of para-hydroxylation sites is 2. The summed E-state index contributed by atoms with van der Waals surface area (Å²) in [7, 11) is 0. The van der Waals surface area contributed by atoms with Crippen LogP contribution in [0.1, 0.15) is 0 Å². The second-order valence-corrected chi connectivity index (χ2v) is 12.1. The first-order valence-corrected chi connectivity index (χ1v) is 15.6. The van der Waals surface area contributed by atoms with Gasteiger partial charge in [-0.25, -0.2) is 9.97 Å². The molecule has 3 nitrogen and oxygen atoms in total. The monoisotopic (exact) mass is 579 g/mol. The normalized spacial score (nSPS) is 11.6. The van der Waals surface area contributed by atoms with E-state index in [1.165, 1.54) is 43.0 Å². The van der Waals surface area contributed by atoms with Crippen molar-refractivity contribution < 1.29 is 0 Å². The summed E-state index contributed by atoms with van der Waals surface area (Å²) in [6.07, 6.45) is 0. The van der Waals surface area contributed by atoms with E-state index in [-0.39, 0.29) is 0 Å². The predicted octanol–water partition coefficient (Wildman–Crippen LogP) is 10.9. The Bertz CT molecular complexity index is 2430. The number of nitrogens with zero attached hydrogens (tertiary/aromatic N) is 3. The van der Waals surface area contributed by atoms with Gasteiger partial charge in [0.05, 0.1) is 26.9 Å². The predicted molar refractivity (Wildman–Crippen MR) is 186 cm³/mol. The minimum absolute atomic E-state index is 0.731. The molecule has 0 saturated carbocycles. The number of rotatable bonds is 4. The first-order valence-electron chi connectivity index (χ1n) is 14.8. The van der Waals surface area contributed by atoms with E-state index in [1.807, 2.05) is 0 Å². The van der Waals surface area contributed by atoms with Gasteiger partial charge in [-0.1, -0.05) is 103 Å². The molecule has 6 aromatic carbocycles. The molecule has 0 saturated heterocycles. The summed E-state index contributed by atoms with van der Waals surface area (Å²) in [5.41, 5.74) is 9.93. The molecule has 0 aliphatic heterocycles. The first-order chi connectivity index (χ1) is 21.8. The summed E-state index contributed by atoms with van der Waals surface area (Å²) in [5, 5.41) is 3.68. The molecule has 0 N–H and O–H groups in total. The smallest absolute Gasteiger partial charge is 0.160 e. The highest BCUT2D eigenvalue weighted by Crippen LogP contribution is 2.40. The molecule has 0 aliphatic rings. The van der Waals surface area contributed by atoms with Crippen LogP contribution in [0.2, 0.25) is 0 Å². The minimum Gasteiger partial charge on any atom is -0.309 e. The van der Waals surface area contributed by atoms with Crippen LogP contribution < -0.4 is 0 Å². The molecule has 4 heteroatoms. The van der Waals surface area contributed by atoms with Gasteiger partial charge < -0.3 is 4.57 Å². The summed E-state index contributed by atoms with van der Waals surface area (Å²) >= 11 is 1.76. The molecule has 0 unspecified atom stereocenters. The van der Waals surface area contributed by atoms with E-state index < -0.39 is 0 Å². The molecule has 0 radical (unpaired) electrons. The van der Waals surface area contributed by atoms with Crippen LogP contribution in [-0.2, 0) is 0 Å². The van der Waals surface area contributed by atoms with Crippen molar-refractivity contribution in [3.05, 3.63) is 152 Å². The van der Waals surface area contributed by atoms with Crippen molar-refractivity contribution in [2.24, 2.45) is 0 Å². The standard InChI is InChI=1S/C40H25N3S/c1-2-11-26(12-3-1)28-13-10-14-29(25-28)37-39-38(33-17-6-9-20-36(33)44-39)42-40(41-37)27-21-23-30(24-22-27)43-34-18-7-4-15-31(34)32-16-5-8-19-35(32)43/h1-25H. The van der Waals surface area contributed by atoms with E-state index in [0.717, 1.165) is 38.5 Å². The zero-order valence-electron chi connectivity index (χ0n) is 23.7. The van der Waals surface area contributed by atoms with E-state index in [1.54, 1.807) is 11.3 Å². The number of thiophene rings is 1. The zero-order valence-corrected chi connectivity index (χ0v) is 24.5. The van der Waals surface area contributed by atoms with Crippen LogP contribution in [-0.4, -0.2) is 14.5 Å².